The van der Waals surface area contributed by atoms with Crippen molar-refractivity contribution in [1.82, 2.24) is 20.4 Å². The van der Waals surface area contributed by atoms with Crippen molar-refractivity contribution < 1.29 is 19.5 Å². The molecule has 0 unspecified atom stereocenters. The zero-order chi connectivity index (χ0) is 15.8. The Morgan fingerprint density at radius 3 is 2.43 bits per heavy atom. The average molecular weight is 300 g/mol. The molecule has 8 nitrogen and oxygen atoms in total. The lowest BCUT2D eigenvalue weighted by Crippen LogP contribution is -2.51. The number of hydrogen-bond acceptors (Lipinski definition) is 4. The maximum absolute atomic E-state index is 12.0. The predicted octanol–water partition coefficient (Wildman–Crippen LogP) is -0.830. The number of carbonyl (C=O) groups is 3. The van der Waals surface area contributed by atoms with Gasteiger partial charge in [-0.15, -0.1) is 0 Å². The lowest BCUT2D eigenvalue weighted by Gasteiger charge is -2.28. The summed E-state index contributed by atoms with van der Waals surface area (Å²) in [5.41, 5.74) is 0. The topological polar surface area (TPSA) is 102 Å². The van der Waals surface area contributed by atoms with Crippen LogP contribution in [0.3, 0.4) is 0 Å². The second kappa shape index (κ2) is 8.46. The van der Waals surface area contributed by atoms with Crippen LogP contribution in [-0.4, -0.2) is 78.6 Å². The van der Waals surface area contributed by atoms with Gasteiger partial charge < -0.3 is 25.5 Å². The smallest absolute Gasteiger partial charge is 0.323 e. The Labute approximate surface area is 124 Å². The first-order valence-corrected chi connectivity index (χ1v) is 7.13. The summed E-state index contributed by atoms with van der Waals surface area (Å²) in [5, 5.41) is 14.5. The molecule has 0 aromatic heterocycles. The molecular weight excluding hydrogens is 276 g/mol. The van der Waals surface area contributed by atoms with Crippen LogP contribution in [0.1, 0.15) is 13.8 Å². The van der Waals surface area contributed by atoms with Crippen LogP contribution < -0.4 is 10.6 Å². The number of rotatable bonds is 6. The summed E-state index contributed by atoms with van der Waals surface area (Å²) in [6, 6.07) is -0.519. The maximum Gasteiger partial charge on any atom is 0.323 e. The fourth-order valence-corrected chi connectivity index (χ4v) is 2.11. The summed E-state index contributed by atoms with van der Waals surface area (Å²) in [5.74, 6) is -1.07. The van der Waals surface area contributed by atoms with Crippen LogP contribution >= 0.6 is 0 Å². The van der Waals surface area contributed by atoms with Crippen LogP contribution in [0, 0.1) is 5.92 Å². The maximum atomic E-state index is 12.0. The Kier molecular flexibility index (Phi) is 6.93. The van der Waals surface area contributed by atoms with Gasteiger partial charge in [0.2, 0.25) is 5.91 Å². The van der Waals surface area contributed by atoms with E-state index in [-0.39, 0.29) is 24.9 Å². The van der Waals surface area contributed by atoms with E-state index >= 15 is 0 Å². The van der Waals surface area contributed by atoms with E-state index in [2.05, 4.69) is 10.6 Å². The molecule has 21 heavy (non-hydrogen) atoms. The molecule has 0 aliphatic carbocycles. The fraction of sp³-hybridized carbons (Fsp3) is 0.769. The lowest BCUT2D eigenvalue weighted by atomic mass is 10.2. The van der Waals surface area contributed by atoms with E-state index in [0.29, 0.717) is 19.6 Å². The predicted molar refractivity (Wildman–Crippen MR) is 76.9 cm³/mol. The Morgan fingerprint density at radius 1 is 1.29 bits per heavy atom. The number of urea groups is 1. The first-order valence-electron chi connectivity index (χ1n) is 7.13. The number of piperazine rings is 1. The molecule has 1 saturated heterocycles. The highest BCUT2D eigenvalue weighted by atomic mass is 16.4. The second-order valence-corrected chi connectivity index (χ2v) is 5.46. The lowest BCUT2D eigenvalue weighted by molar-refractivity contribution is -0.137. The molecular formula is C13H24N4O4. The molecule has 1 fully saturated rings. The van der Waals surface area contributed by atoms with Crippen LogP contribution in [-0.2, 0) is 9.59 Å². The number of carbonyl (C=O) groups excluding carboxylic acids is 2. The summed E-state index contributed by atoms with van der Waals surface area (Å²) >= 11 is 0. The Morgan fingerprint density at radius 2 is 1.90 bits per heavy atom. The number of carboxylic acid groups (broad SMARTS) is 1. The molecule has 0 atom stereocenters. The van der Waals surface area contributed by atoms with Gasteiger partial charge in [-0.2, -0.15) is 0 Å². The number of aliphatic carboxylic acids is 1. The molecule has 8 heteroatoms. The largest absolute Gasteiger partial charge is 0.480 e. The van der Waals surface area contributed by atoms with Crippen LogP contribution in [0.25, 0.3) is 0 Å². The van der Waals surface area contributed by atoms with Gasteiger partial charge in [0.25, 0.3) is 0 Å². The minimum Gasteiger partial charge on any atom is -0.480 e. The molecule has 0 aromatic carbocycles. The molecule has 3 amide bonds. The first-order chi connectivity index (χ1) is 9.90. The van der Waals surface area contributed by atoms with E-state index < -0.39 is 12.0 Å². The molecule has 0 aromatic rings. The third kappa shape index (κ3) is 6.44. The van der Waals surface area contributed by atoms with Gasteiger partial charge in [-0.3, -0.25) is 9.59 Å². The standard InChI is InChI=1S/C13H24N4O4/c1-10(2)8-17(9-12(19)20)13(21)15-7-11(18)16-5-3-14-4-6-16/h10,14H,3-9H2,1-2H3,(H,15,21)(H,19,20). The Balaban J connectivity index is 2.44. The highest BCUT2D eigenvalue weighted by molar-refractivity contribution is 5.85. The monoisotopic (exact) mass is 300 g/mol. The molecule has 1 rings (SSSR count). The van der Waals surface area contributed by atoms with Crippen molar-refractivity contribution in [3.8, 4) is 0 Å². The number of carboxylic acids is 1. The van der Waals surface area contributed by atoms with Crippen LogP contribution in [0.15, 0.2) is 0 Å². The van der Waals surface area contributed by atoms with E-state index in [1.165, 1.54) is 4.90 Å². The van der Waals surface area contributed by atoms with Crippen molar-refractivity contribution >= 4 is 17.9 Å². The van der Waals surface area contributed by atoms with E-state index in [1.807, 2.05) is 13.8 Å². The molecule has 120 valence electrons. The number of amides is 3. The molecule has 1 aliphatic heterocycles. The summed E-state index contributed by atoms with van der Waals surface area (Å²) < 4.78 is 0. The summed E-state index contributed by atoms with van der Waals surface area (Å²) in [6.45, 7) is 6.40. The minimum absolute atomic E-state index is 0.104. The van der Waals surface area contributed by atoms with Crippen molar-refractivity contribution in [2.45, 2.75) is 13.8 Å². The van der Waals surface area contributed by atoms with Gasteiger partial charge in [0.05, 0.1) is 6.54 Å². The second-order valence-electron chi connectivity index (χ2n) is 5.46. The van der Waals surface area contributed by atoms with Crippen LogP contribution in [0.5, 0.6) is 0 Å². The van der Waals surface area contributed by atoms with E-state index in [9.17, 15) is 14.4 Å². The van der Waals surface area contributed by atoms with Gasteiger partial charge in [0.1, 0.15) is 6.54 Å². The fourth-order valence-electron chi connectivity index (χ4n) is 2.11. The molecule has 0 bridgehead atoms. The van der Waals surface area contributed by atoms with Gasteiger partial charge in [-0.1, -0.05) is 13.8 Å². The quantitative estimate of drug-likeness (QED) is 0.594. The molecule has 1 heterocycles. The van der Waals surface area contributed by atoms with Gasteiger partial charge in [-0.25, -0.2) is 4.79 Å². The molecule has 3 N–H and O–H groups in total. The molecule has 0 radical (unpaired) electrons. The van der Waals surface area contributed by atoms with Crippen LogP contribution in [0.2, 0.25) is 0 Å². The molecule has 0 spiro atoms. The van der Waals surface area contributed by atoms with Crippen molar-refractivity contribution in [2.75, 3.05) is 45.8 Å². The normalized spacial score (nSPS) is 14.9. The highest BCUT2D eigenvalue weighted by Crippen LogP contribution is 1.99. The van der Waals surface area contributed by atoms with Crippen molar-refractivity contribution in [2.24, 2.45) is 5.92 Å². The zero-order valence-corrected chi connectivity index (χ0v) is 12.6. The number of nitrogens with one attached hydrogen (secondary N) is 2. The van der Waals surface area contributed by atoms with Gasteiger partial charge >= 0.3 is 12.0 Å². The van der Waals surface area contributed by atoms with E-state index in [0.717, 1.165) is 13.1 Å². The SMILES string of the molecule is CC(C)CN(CC(=O)O)C(=O)NCC(=O)N1CCNCC1. The zero-order valence-electron chi connectivity index (χ0n) is 12.6. The van der Waals surface area contributed by atoms with Gasteiger partial charge in [0.15, 0.2) is 0 Å². The molecule has 0 saturated carbocycles. The van der Waals surface area contributed by atoms with Crippen LogP contribution in [0.4, 0.5) is 4.79 Å². The Hall–Kier alpha value is -1.83. The third-order valence-corrected chi connectivity index (χ3v) is 3.06. The summed E-state index contributed by atoms with van der Waals surface area (Å²) in [6.07, 6.45) is 0. The van der Waals surface area contributed by atoms with Crippen molar-refractivity contribution in [3.63, 3.8) is 0 Å². The van der Waals surface area contributed by atoms with E-state index in [1.54, 1.807) is 4.90 Å². The number of hydrogen-bond donors (Lipinski definition) is 3. The van der Waals surface area contributed by atoms with Crippen molar-refractivity contribution in [1.29, 1.82) is 0 Å². The summed E-state index contributed by atoms with van der Waals surface area (Å²) in [4.78, 5) is 37.6. The minimum atomic E-state index is -1.07. The third-order valence-electron chi connectivity index (χ3n) is 3.06. The van der Waals surface area contributed by atoms with Gasteiger partial charge in [0, 0.05) is 32.7 Å². The van der Waals surface area contributed by atoms with Crippen molar-refractivity contribution in [3.05, 3.63) is 0 Å². The first kappa shape index (κ1) is 17.2. The molecule has 1 aliphatic rings. The average Bonchev–Trinajstić information content (AvgIpc) is 2.43. The number of nitrogens with zero attached hydrogens (tertiary/aromatic N) is 2. The Bertz CT molecular complexity index is 380. The summed E-state index contributed by atoms with van der Waals surface area (Å²) in [7, 11) is 0. The van der Waals surface area contributed by atoms with E-state index in [4.69, 9.17) is 5.11 Å². The van der Waals surface area contributed by atoms with Gasteiger partial charge in [-0.05, 0) is 5.92 Å². The highest BCUT2D eigenvalue weighted by Gasteiger charge is 2.20.